The van der Waals surface area contributed by atoms with Crippen molar-refractivity contribution in [2.24, 2.45) is 5.73 Å². The van der Waals surface area contributed by atoms with Crippen LogP contribution in [0.5, 0.6) is 0 Å². The molecule has 2 saturated heterocycles. The first-order chi connectivity index (χ1) is 8.22. The average molecular weight is 326 g/mol. The molecule has 108 valence electrons. The highest BCUT2D eigenvalue weighted by atomic mass is 35.5. The molecule has 2 aliphatic rings. The van der Waals surface area contributed by atoms with Gasteiger partial charge in [0, 0.05) is 30.2 Å². The molecule has 0 aliphatic carbocycles. The van der Waals surface area contributed by atoms with Gasteiger partial charge >= 0.3 is 0 Å². The van der Waals surface area contributed by atoms with Crippen LogP contribution in [0.4, 0.5) is 0 Å². The molecule has 3 rings (SSSR count). The van der Waals surface area contributed by atoms with Gasteiger partial charge in [-0.15, -0.1) is 24.8 Å². The van der Waals surface area contributed by atoms with Crippen LogP contribution in [0.25, 0.3) is 0 Å². The molecule has 2 N–H and O–H groups in total. The lowest BCUT2D eigenvalue weighted by molar-refractivity contribution is -0.0501. The maximum atomic E-state index is 5.98. The number of halogens is 3. The van der Waals surface area contributed by atoms with E-state index in [9.17, 15) is 0 Å². The summed E-state index contributed by atoms with van der Waals surface area (Å²) in [5.41, 5.74) is 7.19. The Balaban J connectivity index is 0.000000902. The molecule has 2 aliphatic heterocycles. The topological polar surface area (TPSA) is 38.5 Å². The lowest BCUT2D eigenvalue weighted by Crippen LogP contribution is -2.42. The van der Waals surface area contributed by atoms with Crippen molar-refractivity contribution >= 4 is 36.4 Å². The van der Waals surface area contributed by atoms with Crippen LogP contribution >= 0.6 is 36.4 Å². The second kappa shape index (κ2) is 7.11. The van der Waals surface area contributed by atoms with E-state index in [-0.39, 0.29) is 30.9 Å². The molecular weight excluding hydrogens is 307 g/mol. The van der Waals surface area contributed by atoms with Gasteiger partial charge in [-0.05, 0) is 24.1 Å². The smallest absolute Gasteiger partial charge is 0.0952 e. The zero-order chi connectivity index (χ0) is 11.8. The van der Waals surface area contributed by atoms with Crippen LogP contribution in [0.15, 0.2) is 24.3 Å². The fourth-order valence-electron chi connectivity index (χ4n) is 2.79. The van der Waals surface area contributed by atoms with Crippen LogP contribution in [0.1, 0.15) is 18.1 Å². The van der Waals surface area contributed by atoms with Crippen LogP contribution in [0.3, 0.4) is 0 Å². The van der Waals surface area contributed by atoms with E-state index in [1.165, 1.54) is 5.56 Å². The van der Waals surface area contributed by atoms with Crippen molar-refractivity contribution in [3.63, 3.8) is 0 Å². The Bertz CT molecular complexity index is 401. The molecule has 6 heteroatoms. The summed E-state index contributed by atoms with van der Waals surface area (Å²) in [6.07, 6.45) is 1.22. The van der Waals surface area contributed by atoms with E-state index < -0.39 is 0 Å². The SMILES string of the molecule is Cl.Cl.N[C@@H]1C[C@H]2CO[C@@H](c3ccc(Cl)cc3)CN2C1. The number of ether oxygens (including phenoxy) is 1. The number of hydrogen-bond acceptors (Lipinski definition) is 3. The summed E-state index contributed by atoms with van der Waals surface area (Å²) in [6.45, 7) is 2.74. The van der Waals surface area contributed by atoms with Crippen LogP contribution in [-0.2, 0) is 4.74 Å². The molecule has 0 unspecified atom stereocenters. The Morgan fingerprint density at radius 2 is 1.84 bits per heavy atom. The Kier molecular flexibility index (Phi) is 6.37. The van der Waals surface area contributed by atoms with E-state index in [1.54, 1.807) is 0 Å². The van der Waals surface area contributed by atoms with E-state index >= 15 is 0 Å². The Morgan fingerprint density at radius 3 is 2.53 bits per heavy atom. The summed E-state index contributed by atoms with van der Waals surface area (Å²) in [4.78, 5) is 2.45. The molecule has 0 saturated carbocycles. The first-order valence-electron chi connectivity index (χ1n) is 6.09. The summed E-state index contributed by atoms with van der Waals surface area (Å²) in [6, 6.07) is 8.76. The van der Waals surface area contributed by atoms with Gasteiger partial charge in [0.05, 0.1) is 12.7 Å². The molecule has 0 bridgehead atoms. The Labute approximate surface area is 131 Å². The molecule has 1 aromatic carbocycles. The molecule has 0 aromatic heterocycles. The number of benzene rings is 1. The van der Waals surface area contributed by atoms with Gasteiger partial charge in [-0.1, -0.05) is 23.7 Å². The largest absolute Gasteiger partial charge is 0.371 e. The minimum Gasteiger partial charge on any atom is -0.371 e. The van der Waals surface area contributed by atoms with Gasteiger partial charge < -0.3 is 10.5 Å². The zero-order valence-electron chi connectivity index (χ0n) is 10.5. The number of hydrogen-bond donors (Lipinski definition) is 1. The van der Waals surface area contributed by atoms with Crippen molar-refractivity contribution in [1.82, 2.24) is 4.90 Å². The van der Waals surface area contributed by atoms with Crippen molar-refractivity contribution < 1.29 is 4.74 Å². The number of fused-ring (bicyclic) bond motifs is 1. The van der Waals surface area contributed by atoms with Crippen LogP contribution in [-0.4, -0.2) is 36.7 Å². The maximum Gasteiger partial charge on any atom is 0.0952 e. The molecular formula is C13H19Cl3N2O. The fourth-order valence-corrected chi connectivity index (χ4v) is 2.92. The molecule has 2 heterocycles. The maximum absolute atomic E-state index is 5.98. The predicted molar refractivity (Wildman–Crippen MR) is 82.6 cm³/mol. The van der Waals surface area contributed by atoms with Crippen LogP contribution in [0.2, 0.25) is 5.02 Å². The minimum atomic E-state index is 0. The first kappa shape index (κ1) is 17.0. The summed E-state index contributed by atoms with van der Waals surface area (Å²) >= 11 is 5.89. The third-order valence-electron chi connectivity index (χ3n) is 3.69. The summed E-state index contributed by atoms with van der Waals surface area (Å²) < 4.78 is 5.93. The Morgan fingerprint density at radius 1 is 1.16 bits per heavy atom. The number of nitrogens with zero attached hydrogens (tertiary/aromatic N) is 1. The number of rotatable bonds is 1. The molecule has 3 atom stereocenters. The van der Waals surface area contributed by atoms with Crippen molar-refractivity contribution in [1.29, 1.82) is 0 Å². The van der Waals surface area contributed by atoms with Crippen molar-refractivity contribution in [2.75, 3.05) is 19.7 Å². The molecule has 19 heavy (non-hydrogen) atoms. The third-order valence-corrected chi connectivity index (χ3v) is 3.94. The lowest BCUT2D eigenvalue weighted by Gasteiger charge is -2.35. The normalized spacial score (nSPS) is 30.1. The average Bonchev–Trinajstić information content (AvgIpc) is 2.69. The summed E-state index contributed by atoms with van der Waals surface area (Å²) in [5.74, 6) is 0. The van der Waals surface area contributed by atoms with E-state index in [4.69, 9.17) is 22.1 Å². The van der Waals surface area contributed by atoms with E-state index in [0.717, 1.165) is 31.1 Å². The van der Waals surface area contributed by atoms with Gasteiger partial charge in [0.25, 0.3) is 0 Å². The summed E-state index contributed by atoms with van der Waals surface area (Å²) in [5, 5.41) is 0.769. The first-order valence-corrected chi connectivity index (χ1v) is 6.47. The van der Waals surface area contributed by atoms with Crippen molar-refractivity contribution in [2.45, 2.75) is 24.6 Å². The highest BCUT2D eigenvalue weighted by Gasteiger charge is 2.36. The van der Waals surface area contributed by atoms with Gasteiger partial charge in [-0.25, -0.2) is 0 Å². The standard InChI is InChI=1S/C13H17ClN2O.2ClH/c14-10-3-1-9(2-4-10)13-7-16-6-11(15)5-12(16)8-17-13;;/h1-4,11-13H,5-8,15H2;2*1H/t11-,12+,13-;;/m1../s1. The quantitative estimate of drug-likeness (QED) is 0.863. The predicted octanol–water partition coefficient (Wildman–Crippen LogP) is 2.66. The highest BCUT2D eigenvalue weighted by molar-refractivity contribution is 6.30. The summed E-state index contributed by atoms with van der Waals surface area (Å²) in [7, 11) is 0. The number of morpholine rings is 1. The molecule has 0 amide bonds. The number of nitrogens with two attached hydrogens (primary N) is 1. The van der Waals surface area contributed by atoms with Crippen molar-refractivity contribution in [3.05, 3.63) is 34.9 Å². The van der Waals surface area contributed by atoms with E-state index in [1.807, 2.05) is 24.3 Å². The van der Waals surface area contributed by atoms with Crippen LogP contribution < -0.4 is 5.73 Å². The third kappa shape index (κ3) is 3.75. The van der Waals surface area contributed by atoms with Gasteiger partial charge in [0.2, 0.25) is 0 Å². The Hall–Kier alpha value is -0.0300. The van der Waals surface area contributed by atoms with Gasteiger partial charge in [0.15, 0.2) is 0 Å². The molecule has 1 aromatic rings. The molecule has 2 fully saturated rings. The monoisotopic (exact) mass is 324 g/mol. The zero-order valence-corrected chi connectivity index (χ0v) is 12.9. The fraction of sp³-hybridized carbons (Fsp3) is 0.538. The molecule has 0 spiro atoms. The van der Waals surface area contributed by atoms with Crippen LogP contribution in [0, 0.1) is 0 Å². The second-order valence-corrected chi connectivity index (χ2v) is 5.41. The van der Waals surface area contributed by atoms with Gasteiger partial charge in [0.1, 0.15) is 0 Å². The molecule has 0 radical (unpaired) electrons. The van der Waals surface area contributed by atoms with Crippen molar-refractivity contribution in [3.8, 4) is 0 Å². The van der Waals surface area contributed by atoms with E-state index in [2.05, 4.69) is 4.90 Å². The van der Waals surface area contributed by atoms with Gasteiger partial charge in [-0.3, -0.25) is 4.90 Å². The van der Waals surface area contributed by atoms with Gasteiger partial charge in [-0.2, -0.15) is 0 Å². The molecule has 3 nitrogen and oxygen atoms in total. The van der Waals surface area contributed by atoms with E-state index in [0.29, 0.717) is 12.1 Å². The second-order valence-electron chi connectivity index (χ2n) is 4.98. The lowest BCUT2D eigenvalue weighted by atomic mass is 10.1. The highest BCUT2D eigenvalue weighted by Crippen LogP contribution is 2.30. The minimum absolute atomic E-state index is 0.